The fraction of sp³-hybridized carbons (Fsp3) is 1.00. The van der Waals surface area contributed by atoms with Crippen LogP contribution in [0.4, 0.5) is 0 Å². The molecule has 1 atom stereocenters. The van der Waals surface area contributed by atoms with Crippen LogP contribution in [0.15, 0.2) is 0 Å². The number of nitrogens with zero attached hydrogens (tertiary/aromatic N) is 1. The summed E-state index contributed by atoms with van der Waals surface area (Å²) in [7, 11) is -1.48. The topological polar surface area (TPSA) is 49.8 Å². The number of hydrogen-bond acceptors (Lipinski definition) is 4. The number of unbranched alkanes of at least 4 members (excludes halogenated alkanes) is 12. The van der Waals surface area contributed by atoms with E-state index in [2.05, 4.69) is 11.8 Å². The molecule has 0 saturated heterocycles. The molecule has 0 aromatic carbocycles. The first kappa shape index (κ1) is 28.0. The lowest BCUT2D eigenvalue weighted by Crippen LogP contribution is -2.27. The summed E-state index contributed by atoms with van der Waals surface area (Å²) in [4.78, 5) is 2.49. The molecule has 5 heteroatoms. The smallest absolute Gasteiger partial charge is 0.396 e. The van der Waals surface area contributed by atoms with E-state index in [1.54, 1.807) is 0 Å². The van der Waals surface area contributed by atoms with E-state index < -0.39 is 8.03 Å². The molecule has 0 amide bonds. The SMILES string of the molecule is CCCCCCCCCCCCCCN(CCCCO)CCC[P+](=O)OCC. The summed E-state index contributed by atoms with van der Waals surface area (Å²) in [5.41, 5.74) is 0. The molecule has 0 aliphatic rings. The first-order chi connectivity index (χ1) is 13.7. The molecule has 0 fully saturated rings. The van der Waals surface area contributed by atoms with E-state index >= 15 is 0 Å². The summed E-state index contributed by atoms with van der Waals surface area (Å²) < 4.78 is 16.8. The Balaban J connectivity index is 3.64. The van der Waals surface area contributed by atoms with Crippen LogP contribution in [0.25, 0.3) is 0 Å². The zero-order chi connectivity index (χ0) is 20.7. The molecule has 0 spiro atoms. The number of hydrogen-bond donors (Lipinski definition) is 1. The van der Waals surface area contributed by atoms with Crippen molar-refractivity contribution >= 4 is 8.03 Å². The Hall–Kier alpha value is -0.0200. The zero-order valence-electron chi connectivity index (χ0n) is 19.0. The first-order valence-electron chi connectivity index (χ1n) is 12.1. The lowest BCUT2D eigenvalue weighted by Gasteiger charge is -2.21. The minimum Gasteiger partial charge on any atom is -0.396 e. The van der Waals surface area contributed by atoms with Gasteiger partial charge in [-0.05, 0) is 43.8 Å². The van der Waals surface area contributed by atoms with E-state index in [4.69, 9.17) is 9.63 Å². The van der Waals surface area contributed by atoms with Gasteiger partial charge in [-0.3, -0.25) is 0 Å². The van der Waals surface area contributed by atoms with Crippen molar-refractivity contribution in [3.05, 3.63) is 0 Å². The molecule has 0 rings (SSSR count). The summed E-state index contributed by atoms with van der Waals surface area (Å²) in [5, 5.41) is 9.00. The van der Waals surface area contributed by atoms with Crippen molar-refractivity contribution in [1.29, 1.82) is 0 Å². The minimum atomic E-state index is -1.48. The van der Waals surface area contributed by atoms with Gasteiger partial charge in [0.2, 0.25) is 0 Å². The van der Waals surface area contributed by atoms with Crippen LogP contribution in [-0.2, 0) is 9.09 Å². The molecule has 168 valence electrons. The molecule has 4 nitrogen and oxygen atoms in total. The monoisotopic (exact) mass is 418 g/mol. The largest absolute Gasteiger partial charge is 0.508 e. The van der Waals surface area contributed by atoms with Gasteiger partial charge < -0.3 is 10.0 Å². The van der Waals surface area contributed by atoms with Crippen molar-refractivity contribution in [3.8, 4) is 0 Å². The van der Waals surface area contributed by atoms with Crippen LogP contribution in [0.1, 0.15) is 110 Å². The Morgan fingerprint density at radius 1 is 0.679 bits per heavy atom. The highest BCUT2D eigenvalue weighted by atomic mass is 31.1. The van der Waals surface area contributed by atoms with E-state index in [0.717, 1.165) is 38.9 Å². The van der Waals surface area contributed by atoms with Crippen LogP contribution in [0, 0.1) is 0 Å². The molecule has 0 aliphatic heterocycles. The molecule has 28 heavy (non-hydrogen) atoms. The van der Waals surface area contributed by atoms with Crippen molar-refractivity contribution in [2.45, 2.75) is 110 Å². The molecule has 0 radical (unpaired) electrons. The van der Waals surface area contributed by atoms with E-state index in [1.807, 2.05) is 6.92 Å². The van der Waals surface area contributed by atoms with Gasteiger partial charge in [0.25, 0.3) is 0 Å². The highest BCUT2D eigenvalue weighted by Crippen LogP contribution is 2.22. The van der Waals surface area contributed by atoms with Crippen LogP contribution >= 0.6 is 8.03 Å². The highest BCUT2D eigenvalue weighted by Gasteiger charge is 2.16. The molecular weight excluding hydrogens is 369 g/mol. The second kappa shape index (κ2) is 23.3. The van der Waals surface area contributed by atoms with Crippen LogP contribution in [0.2, 0.25) is 0 Å². The summed E-state index contributed by atoms with van der Waals surface area (Å²) >= 11 is 0. The lowest BCUT2D eigenvalue weighted by molar-refractivity contribution is 0.237. The van der Waals surface area contributed by atoms with Gasteiger partial charge >= 0.3 is 8.03 Å². The van der Waals surface area contributed by atoms with Crippen molar-refractivity contribution < 1.29 is 14.2 Å². The van der Waals surface area contributed by atoms with E-state index in [9.17, 15) is 4.57 Å². The third-order valence-electron chi connectivity index (χ3n) is 5.30. The number of aliphatic hydroxyl groups is 1. The van der Waals surface area contributed by atoms with Gasteiger partial charge in [0, 0.05) is 19.6 Å². The van der Waals surface area contributed by atoms with Gasteiger partial charge in [0.15, 0.2) is 6.16 Å². The van der Waals surface area contributed by atoms with Crippen molar-refractivity contribution in [1.82, 2.24) is 4.90 Å². The molecule has 0 bridgehead atoms. The lowest BCUT2D eigenvalue weighted by atomic mass is 10.1. The Kier molecular flexibility index (Phi) is 23.2. The van der Waals surface area contributed by atoms with E-state index in [1.165, 1.54) is 77.0 Å². The van der Waals surface area contributed by atoms with Gasteiger partial charge in [-0.2, -0.15) is 0 Å². The maximum absolute atomic E-state index is 11.6. The molecule has 0 aromatic rings. The van der Waals surface area contributed by atoms with Gasteiger partial charge in [-0.25, -0.2) is 0 Å². The van der Waals surface area contributed by atoms with Gasteiger partial charge in [-0.1, -0.05) is 77.6 Å². The fourth-order valence-electron chi connectivity index (χ4n) is 3.59. The maximum Gasteiger partial charge on any atom is 0.508 e. The fourth-order valence-corrected chi connectivity index (χ4v) is 4.41. The predicted octanol–water partition coefficient (Wildman–Crippen LogP) is 6.93. The van der Waals surface area contributed by atoms with Crippen molar-refractivity contribution in [2.75, 3.05) is 39.0 Å². The summed E-state index contributed by atoms with van der Waals surface area (Å²) in [5.74, 6) is 0. The van der Waals surface area contributed by atoms with Crippen molar-refractivity contribution in [3.63, 3.8) is 0 Å². The van der Waals surface area contributed by atoms with Crippen LogP contribution in [-0.4, -0.2) is 49.0 Å². The second-order valence-electron chi connectivity index (χ2n) is 7.99. The third kappa shape index (κ3) is 20.7. The normalized spacial score (nSPS) is 12.1. The molecule has 0 aromatic heterocycles. The molecule has 0 saturated carbocycles. The molecule has 1 N–H and O–H groups in total. The first-order valence-corrected chi connectivity index (χ1v) is 13.5. The average Bonchev–Trinajstić information content (AvgIpc) is 2.68. The third-order valence-corrected chi connectivity index (χ3v) is 6.53. The Morgan fingerprint density at radius 2 is 1.14 bits per heavy atom. The van der Waals surface area contributed by atoms with Crippen molar-refractivity contribution in [2.24, 2.45) is 0 Å². The Bertz CT molecular complexity index is 329. The highest BCUT2D eigenvalue weighted by molar-refractivity contribution is 7.39. The summed E-state index contributed by atoms with van der Waals surface area (Å²) in [6.07, 6.45) is 20.1. The quantitative estimate of drug-likeness (QED) is 0.144. The minimum absolute atomic E-state index is 0.280. The van der Waals surface area contributed by atoms with E-state index in [0.29, 0.717) is 12.8 Å². The predicted molar refractivity (Wildman–Crippen MR) is 123 cm³/mol. The van der Waals surface area contributed by atoms with E-state index in [-0.39, 0.29) is 6.61 Å². The average molecular weight is 419 g/mol. The second-order valence-corrected chi connectivity index (χ2v) is 9.36. The van der Waals surface area contributed by atoms with Gasteiger partial charge in [0.05, 0.1) is 6.61 Å². The molecule has 1 unspecified atom stereocenters. The molecular formula is C23H49NO3P+. The van der Waals surface area contributed by atoms with Crippen LogP contribution in [0.3, 0.4) is 0 Å². The standard InChI is InChI=1S/C23H49NO3P/c1-3-5-6-7-8-9-10-11-12-13-14-15-19-24(20-16-17-22-25)21-18-23-28(26)27-4-2/h25H,3-23H2,1-2H3/q+1. The molecule has 0 heterocycles. The Morgan fingerprint density at radius 3 is 1.64 bits per heavy atom. The van der Waals surface area contributed by atoms with Crippen LogP contribution < -0.4 is 0 Å². The Labute approximate surface area is 176 Å². The molecule has 0 aliphatic carbocycles. The van der Waals surface area contributed by atoms with Crippen LogP contribution in [0.5, 0.6) is 0 Å². The maximum atomic E-state index is 11.6. The van der Waals surface area contributed by atoms with Gasteiger partial charge in [-0.15, -0.1) is 4.52 Å². The zero-order valence-corrected chi connectivity index (χ0v) is 19.9. The number of rotatable bonds is 23. The summed E-state index contributed by atoms with van der Waals surface area (Å²) in [6.45, 7) is 8.16. The number of aliphatic hydroxyl groups excluding tert-OH is 1. The summed E-state index contributed by atoms with van der Waals surface area (Å²) in [6, 6.07) is 0. The van der Waals surface area contributed by atoms with Gasteiger partial charge in [0.1, 0.15) is 0 Å².